The largest absolute Gasteiger partial charge is 0.459 e. The van der Waals surface area contributed by atoms with Crippen molar-refractivity contribution in [1.29, 1.82) is 0 Å². The molecule has 0 aliphatic heterocycles. The molecule has 1 unspecified atom stereocenters. The number of hydrogen-bond donors (Lipinski definition) is 1. The molecule has 18 heteroatoms. The van der Waals surface area contributed by atoms with Gasteiger partial charge >= 0.3 is 47.7 Å². The molecule has 0 aliphatic carbocycles. The molecule has 0 fully saturated rings. The molecule has 0 radical (unpaired) electrons. The third kappa shape index (κ3) is 4.09. The van der Waals surface area contributed by atoms with Crippen molar-refractivity contribution in [1.82, 2.24) is 0 Å². The number of rotatable bonds is 8. The molecule has 0 rings (SSSR count). The van der Waals surface area contributed by atoms with Gasteiger partial charge in [0.05, 0.1) is 0 Å². The molecule has 3 nitrogen and oxygen atoms in total. The summed E-state index contributed by atoms with van der Waals surface area (Å²) in [5, 5.41) is 9.31. The third-order valence-corrected chi connectivity index (χ3v) is 3.91. The molecule has 1 N–H and O–H groups in total. The minimum Gasteiger partial charge on any atom is -0.459 e. The fraction of sp³-hybridized carbons (Fsp3) is 0.786. The minimum atomic E-state index is -8.60. The Labute approximate surface area is 167 Å². The Hall–Kier alpha value is -1.88. The fourth-order valence-corrected chi connectivity index (χ4v) is 1.89. The number of ether oxygens (including phenoxy) is 1. The third-order valence-electron chi connectivity index (χ3n) is 3.91. The van der Waals surface area contributed by atoms with Crippen LogP contribution in [0.4, 0.5) is 65.9 Å². The predicted octanol–water partition coefficient (Wildman–Crippen LogP) is 5.23. The van der Waals surface area contributed by atoms with Crippen molar-refractivity contribution < 1.29 is 80.5 Å². The van der Waals surface area contributed by atoms with Crippen molar-refractivity contribution >= 4 is 5.97 Å². The monoisotopic (exact) mass is 512 g/mol. The van der Waals surface area contributed by atoms with E-state index in [1.807, 2.05) is 0 Å². The zero-order valence-corrected chi connectivity index (χ0v) is 15.3. The van der Waals surface area contributed by atoms with Gasteiger partial charge in [-0.3, -0.25) is 0 Å². The number of carbonyl (C=O) groups excluding carboxylic acids is 1. The first kappa shape index (κ1) is 30.1. The average Bonchev–Trinajstić information content (AvgIpc) is 2.55. The molecule has 190 valence electrons. The van der Waals surface area contributed by atoms with Crippen LogP contribution in [0, 0.1) is 0 Å². The predicted molar refractivity (Wildman–Crippen MR) is 72.1 cm³/mol. The van der Waals surface area contributed by atoms with E-state index in [0.29, 0.717) is 0 Å². The van der Waals surface area contributed by atoms with E-state index in [0.717, 1.165) is 6.92 Å². The first-order valence-corrected chi connectivity index (χ1v) is 7.46. The molecular formula is C14H11F15O3. The van der Waals surface area contributed by atoms with Crippen LogP contribution < -0.4 is 0 Å². The lowest BCUT2D eigenvalue weighted by atomic mass is 9.82. The van der Waals surface area contributed by atoms with Crippen molar-refractivity contribution in [2.45, 2.75) is 61.2 Å². The molecule has 0 aliphatic rings. The van der Waals surface area contributed by atoms with Crippen molar-refractivity contribution in [3.8, 4) is 0 Å². The molecular weight excluding hydrogens is 501 g/mol. The maximum absolute atomic E-state index is 13.9. The van der Waals surface area contributed by atoms with E-state index in [4.69, 9.17) is 0 Å². The van der Waals surface area contributed by atoms with Crippen LogP contribution in [0.1, 0.15) is 13.8 Å². The first-order chi connectivity index (χ1) is 13.6. The normalized spacial score (nSPS) is 17.1. The number of aliphatic hydroxyl groups is 1. The quantitative estimate of drug-likeness (QED) is 0.275. The second-order valence-electron chi connectivity index (χ2n) is 6.58. The van der Waals surface area contributed by atoms with Crippen LogP contribution in [-0.4, -0.2) is 65.0 Å². The van der Waals surface area contributed by atoms with E-state index in [9.17, 15) is 75.8 Å². The van der Waals surface area contributed by atoms with E-state index >= 15 is 0 Å². The van der Waals surface area contributed by atoms with E-state index in [-0.39, 0.29) is 0 Å². The summed E-state index contributed by atoms with van der Waals surface area (Å²) in [6.07, 6.45) is -16.1. The Kier molecular flexibility index (Phi) is 7.40. The summed E-state index contributed by atoms with van der Waals surface area (Å²) >= 11 is 0. The van der Waals surface area contributed by atoms with Crippen LogP contribution in [-0.2, 0) is 9.53 Å². The summed E-state index contributed by atoms with van der Waals surface area (Å²) in [4.78, 5) is 11.0. The maximum Gasteiger partial charge on any atom is 0.438 e. The van der Waals surface area contributed by atoms with Crippen molar-refractivity contribution in [2.24, 2.45) is 0 Å². The highest BCUT2D eigenvalue weighted by Crippen LogP contribution is 2.64. The van der Waals surface area contributed by atoms with Gasteiger partial charge in [0, 0.05) is 5.57 Å². The Bertz CT molecular complexity index is 719. The van der Waals surface area contributed by atoms with Crippen molar-refractivity contribution in [3.05, 3.63) is 12.2 Å². The van der Waals surface area contributed by atoms with E-state index < -0.39 is 72.4 Å². The molecule has 0 heterocycles. The second kappa shape index (κ2) is 7.86. The van der Waals surface area contributed by atoms with Crippen LogP contribution >= 0.6 is 0 Å². The fourth-order valence-electron chi connectivity index (χ4n) is 1.89. The molecule has 0 amide bonds. The summed E-state index contributed by atoms with van der Waals surface area (Å²) in [5.74, 6) is -33.8. The first-order valence-electron chi connectivity index (χ1n) is 7.46. The van der Waals surface area contributed by atoms with E-state index in [1.165, 1.54) is 0 Å². The van der Waals surface area contributed by atoms with Gasteiger partial charge in [-0.25, -0.2) is 9.18 Å². The molecule has 0 spiro atoms. The van der Waals surface area contributed by atoms with Gasteiger partial charge < -0.3 is 9.84 Å². The number of esters is 1. The Morgan fingerprint density at radius 3 is 1.31 bits per heavy atom. The lowest BCUT2D eigenvalue weighted by Gasteiger charge is -2.45. The molecule has 0 aromatic heterocycles. The topological polar surface area (TPSA) is 46.5 Å². The van der Waals surface area contributed by atoms with E-state index in [1.54, 1.807) is 0 Å². The van der Waals surface area contributed by atoms with Gasteiger partial charge in [0.1, 0.15) is 6.61 Å². The zero-order chi connectivity index (χ0) is 26.6. The molecule has 1 atom stereocenters. The zero-order valence-electron chi connectivity index (χ0n) is 15.3. The molecule has 0 aromatic carbocycles. The standard InChI is InChI=1S/C14H11F15O3/c1-5(2)6(30)32-4-7(3,31)9(16,17)11(20,21)12(22,23)10(18,19)8(15,13(24,25)26)14(27,28)29/h31H,1,4H2,2-3H3. The second-order valence-corrected chi connectivity index (χ2v) is 6.58. The smallest absolute Gasteiger partial charge is 0.438 e. The Morgan fingerprint density at radius 2 is 1.03 bits per heavy atom. The average molecular weight is 512 g/mol. The van der Waals surface area contributed by atoms with Crippen LogP contribution in [0.5, 0.6) is 0 Å². The van der Waals surface area contributed by atoms with Gasteiger partial charge in [-0.2, -0.15) is 61.5 Å². The van der Waals surface area contributed by atoms with Gasteiger partial charge in [0.2, 0.25) is 0 Å². The van der Waals surface area contributed by atoms with Crippen LogP contribution in [0.3, 0.4) is 0 Å². The SMILES string of the molecule is C=C(C)C(=O)OCC(C)(O)C(F)(F)C(F)(F)C(F)(F)C(F)(F)C(F)(C(F)(F)F)C(F)(F)F. The summed E-state index contributed by atoms with van der Waals surface area (Å²) in [7, 11) is 0. The molecule has 0 bridgehead atoms. The van der Waals surface area contributed by atoms with Gasteiger partial charge in [0.15, 0.2) is 5.60 Å². The summed E-state index contributed by atoms with van der Waals surface area (Å²) in [5.41, 5.74) is -13.9. The maximum atomic E-state index is 13.9. The minimum absolute atomic E-state index is 0.558. The summed E-state index contributed by atoms with van der Waals surface area (Å²) < 4.78 is 201. The van der Waals surface area contributed by atoms with Gasteiger partial charge in [-0.15, -0.1) is 0 Å². The Balaban J connectivity index is 6.70. The summed E-state index contributed by atoms with van der Waals surface area (Å²) in [6, 6.07) is 0. The number of halogens is 15. The lowest BCUT2D eigenvalue weighted by Crippen LogP contribution is -2.77. The number of carbonyl (C=O) groups is 1. The molecule has 0 saturated carbocycles. The Morgan fingerprint density at radius 1 is 0.719 bits per heavy atom. The molecule has 32 heavy (non-hydrogen) atoms. The van der Waals surface area contributed by atoms with Crippen LogP contribution in [0.15, 0.2) is 12.2 Å². The highest BCUT2D eigenvalue weighted by Gasteiger charge is 2.96. The van der Waals surface area contributed by atoms with Gasteiger partial charge in [-0.1, -0.05) is 6.58 Å². The highest BCUT2D eigenvalue weighted by atomic mass is 19.4. The lowest BCUT2D eigenvalue weighted by molar-refractivity contribution is -0.463. The molecule has 0 saturated heterocycles. The summed E-state index contributed by atoms with van der Waals surface area (Å²) in [6.45, 7) is 0.686. The van der Waals surface area contributed by atoms with Gasteiger partial charge in [0.25, 0.3) is 0 Å². The number of alkyl halides is 15. The highest BCUT2D eigenvalue weighted by molar-refractivity contribution is 5.86. The van der Waals surface area contributed by atoms with Gasteiger partial charge in [-0.05, 0) is 13.8 Å². The van der Waals surface area contributed by atoms with Crippen molar-refractivity contribution in [2.75, 3.05) is 6.61 Å². The number of hydrogen-bond acceptors (Lipinski definition) is 3. The van der Waals surface area contributed by atoms with E-state index in [2.05, 4.69) is 11.3 Å². The molecule has 0 aromatic rings. The van der Waals surface area contributed by atoms with Crippen LogP contribution in [0.25, 0.3) is 0 Å². The van der Waals surface area contributed by atoms with Crippen molar-refractivity contribution in [3.63, 3.8) is 0 Å². The van der Waals surface area contributed by atoms with Crippen LogP contribution in [0.2, 0.25) is 0 Å².